The van der Waals surface area contributed by atoms with Crippen LogP contribution in [0, 0.1) is 0 Å². The summed E-state index contributed by atoms with van der Waals surface area (Å²) in [5, 5.41) is 8.23. The minimum Gasteiger partial charge on any atom is -0.481 e. The van der Waals surface area contributed by atoms with E-state index in [1.54, 1.807) is 6.08 Å². The quantitative estimate of drug-likeness (QED) is 0.545. The summed E-state index contributed by atoms with van der Waals surface area (Å²) in [6.45, 7) is 0.600. The standard InChI is InChI=1S/C5H7NO3/c7-5(8)3-4-1-2-6-9-4/h1,6H,2-3H2,(H,7,8). The van der Waals surface area contributed by atoms with E-state index in [9.17, 15) is 4.79 Å². The molecule has 0 aromatic heterocycles. The van der Waals surface area contributed by atoms with Gasteiger partial charge < -0.3 is 9.94 Å². The SMILES string of the molecule is O=C(O)CC1=CCNO1. The number of rotatable bonds is 2. The molecule has 1 aliphatic rings. The molecule has 1 rings (SSSR count). The minimum absolute atomic E-state index is 0.0347. The van der Waals surface area contributed by atoms with Crippen LogP contribution in [0.5, 0.6) is 0 Å². The lowest BCUT2D eigenvalue weighted by Crippen LogP contribution is -2.06. The second kappa shape index (κ2) is 2.50. The van der Waals surface area contributed by atoms with Gasteiger partial charge in [-0.05, 0) is 6.08 Å². The molecule has 0 spiro atoms. The molecular weight excluding hydrogens is 122 g/mol. The van der Waals surface area contributed by atoms with Crippen molar-refractivity contribution in [2.45, 2.75) is 6.42 Å². The summed E-state index contributed by atoms with van der Waals surface area (Å²) in [5.74, 6) is -0.382. The van der Waals surface area contributed by atoms with E-state index in [1.807, 2.05) is 0 Å². The number of carboxylic acids is 1. The van der Waals surface area contributed by atoms with Crippen molar-refractivity contribution < 1.29 is 14.7 Å². The number of hydroxylamine groups is 1. The largest absolute Gasteiger partial charge is 0.481 e. The molecule has 0 aliphatic carbocycles. The van der Waals surface area contributed by atoms with Crippen molar-refractivity contribution in [2.24, 2.45) is 0 Å². The monoisotopic (exact) mass is 129 g/mol. The molecule has 1 heterocycles. The van der Waals surface area contributed by atoms with Crippen LogP contribution in [0.3, 0.4) is 0 Å². The summed E-state index contributed by atoms with van der Waals surface area (Å²) < 4.78 is 0. The fraction of sp³-hybridized carbons (Fsp3) is 0.400. The average Bonchev–Trinajstić information content (AvgIpc) is 2.15. The van der Waals surface area contributed by atoms with Crippen molar-refractivity contribution in [3.05, 3.63) is 11.8 Å². The van der Waals surface area contributed by atoms with E-state index in [4.69, 9.17) is 9.94 Å². The molecule has 9 heavy (non-hydrogen) atoms. The highest BCUT2D eigenvalue weighted by molar-refractivity contribution is 5.69. The number of hydrogen-bond donors (Lipinski definition) is 2. The third kappa shape index (κ3) is 1.73. The lowest BCUT2D eigenvalue weighted by atomic mass is 10.3. The summed E-state index contributed by atoms with van der Waals surface area (Å²) in [6, 6.07) is 0. The maximum Gasteiger partial charge on any atom is 0.311 e. The predicted molar refractivity (Wildman–Crippen MR) is 29.4 cm³/mol. The Kier molecular flexibility index (Phi) is 1.69. The Morgan fingerprint density at radius 1 is 2.00 bits per heavy atom. The third-order valence-corrected chi connectivity index (χ3v) is 0.942. The van der Waals surface area contributed by atoms with Crippen LogP contribution in [0.15, 0.2) is 11.8 Å². The first-order chi connectivity index (χ1) is 4.29. The molecule has 4 heteroatoms. The normalized spacial score (nSPS) is 16.7. The third-order valence-electron chi connectivity index (χ3n) is 0.942. The molecule has 0 aromatic carbocycles. The number of nitrogens with one attached hydrogen (secondary N) is 1. The molecule has 0 bridgehead atoms. The molecule has 0 fully saturated rings. The van der Waals surface area contributed by atoms with Crippen LogP contribution in [-0.4, -0.2) is 17.6 Å². The van der Waals surface area contributed by atoms with Crippen molar-refractivity contribution in [2.75, 3.05) is 6.54 Å². The van der Waals surface area contributed by atoms with Gasteiger partial charge in [0.15, 0.2) is 0 Å². The zero-order chi connectivity index (χ0) is 6.69. The number of aliphatic carboxylic acids is 1. The lowest BCUT2D eigenvalue weighted by molar-refractivity contribution is -0.137. The minimum atomic E-state index is -0.870. The fourth-order valence-electron chi connectivity index (χ4n) is 0.589. The summed E-state index contributed by atoms with van der Waals surface area (Å²) >= 11 is 0. The van der Waals surface area contributed by atoms with Crippen LogP contribution >= 0.6 is 0 Å². The van der Waals surface area contributed by atoms with Crippen molar-refractivity contribution in [1.29, 1.82) is 0 Å². The second-order valence-electron chi connectivity index (χ2n) is 1.69. The summed E-state index contributed by atoms with van der Waals surface area (Å²) in [5.41, 5.74) is 2.52. The van der Waals surface area contributed by atoms with Gasteiger partial charge in [0, 0.05) is 0 Å². The van der Waals surface area contributed by atoms with Crippen molar-refractivity contribution in [3.63, 3.8) is 0 Å². The van der Waals surface area contributed by atoms with E-state index in [0.717, 1.165) is 0 Å². The second-order valence-corrected chi connectivity index (χ2v) is 1.69. The van der Waals surface area contributed by atoms with Gasteiger partial charge in [-0.1, -0.05) is 0 Å². The number of hydrogen-bond acceptors (Lipinski definition) is 3. The molecule has 1 aliphatic heterocycles. The molecular formula is C5H7NO3. The molecule has 0 radical (unpaired) electrons. The van der Waals surface area contributed by atoms with E-state index >= 15 is 0 Å². The van der Waals surface area contributed by atoms with Crippen LogP contribution in [-0.2, 0) is 9.63 Å². The van der Waals surface area contributed by atoms with Gasteiger partial charge in [0.25, 0.3) is 0 Å². The van der Waals surface area contributed by atoms with Crippen LogP contribution in [0.2, 0.25) is 0 Å². The summed E-state index contributed by atoms with van der Waals surface area (Å²) in [7, 11) is 0. The molecule has 0 aromatic rings. The molecule has 0 saturated heterocycles. The molecule has 50 valence electrons. The Bertz CT molecular complexity index is 152. The molecule has 0 saturated carbocycles. The van der Waals surface area contributed by atoms with Crippen LogP contribution < -0.4 is 5.48 Å². The first kappa shape index (κ1) is 6.10. The summed E-state index contributed by atoms with van der Waals surface area (Å²) in [6.07, 6.45) is 1.67. The Morgan fingerprint density at radius 3 is 3.22 bits per heavy atom. The topological polar surface area (TPSA) is 58.6 Å². The highest BCUT2D eigenvalue weighted by Crippen LogP contribution is 2.04. The Hall–Kier alpha value is -1.03. The lowest BCUT2D eigenvalue weighted by Gasteiger charge is -1.96. The van der Waals surface area contributed by atoms with Gasteiger partial charge in [0.1, 0.15) is 12.2 Å². The molecule has 4 nitrogen and oxygen atoms in total. The zero-order valence-electron chi connectivity index (χ0n) is 4.76. The van der Waals surface area contributed by atoms with Gasteiger partial charge in [-0.3, -0.25) is 4.79 Å². The average molecular weight is 129 g/mol. The van der Waals surface area contributed by atoms with Gasteiger partial charge in [0.05, 0.1) is 6.54 Å². The predicted octanol–water partition coefficient (Wildman–Crippen LogP) is -0.120. The number of carboxylic acid groups (broad SMARTS) is 1. The highest BCUT2D eigenvalue weighted by Gasteiger charge is 2.08. The first-order valence-corrected chi connectivity index (χ1v) is 2.59. The maximum absolute atomic E-state index is 10.0. The van der Waals surface area contributed by atoms with Crippen molar-refractivity contribution in [1.82, 2.24) is 5.48 Å². The van der Waals surface area contributed by atoms with E-state index < -0.39 is 5.97 Å². The van der Waals surface area contributed by atoms with Gasteiger partial charge in [-0.25, -0.2) is 0 Å². The molecule has 0 amide bonds. The van der Waals surface area contributed by atoms with Gasteiger partial charge in [0.2, 0.25) is 0 Å². The Labute approximate surface area is 52.1 Å². The molecule has 0 atom stereocenters. The Balaban J connectivity index is 2.35. The zero-order valence-corrected chi connectivity index (χ0v) is 4.76. The summed E-state index contributed by atoms with van der Waals surface area (Å²) in [4.78, 5) is 14.7. The van der Waals surface area contributed by atoms with Crippen molar-refractivity contribution in [3.8, 4) is 0 Å². The van der Waals surface area contributed by atoms with Gasteiger partial charge in [-0.2, -0.15) is 5.48 Å². The maximum atomic E-state index is 10.0. The van der Waals surface area contributed by atoms with E-state index in [2.05, 4.69) is 5.48 Å². The molecule has 2 N–H and O–H groups in total. The van der Waals surface area contributed by atoms with Crippen LogP contribution in [0.25, 0.3) is 0 Å². The van der Waals surface area contributed by atoms with Crippen molar-refractivity contribution >= 4 is 5.97 Å². The van der Waals surface area contributed by atoms with Gasteiger partial charge in [-0.15, -0.1) is 0 Å². The van der Waals surface area contributed by atoms with E-state index in [1.165, 1.54) is 0 Å². The molecule has 0 unspecified atom stereocenters. The fourth-order valence-corrected chi connectivity index (χ4v) is 0.589. The smallest absolute Gasteiger partial charge is 0.311 e. The van der Waals surface area contributed by atoms with E-state index in [0.29, 0.717) is 12.3 Å². The Morgan fingerprint density at radius 2 is 2.78 bits per heavy atom. The first-order valence-electron chi connectivity index (χ1n) is 2.59. The van der Waals surface area contributed by atoms with Gasteiger partial charge >= 0.3 is 5.97 Å². The van der Waals surface area contributed by atoms with Crippen LogP contribution in [0.1, 0.15) is 6.42 Å². The van der Waals surface area contributed by atoms with E-state index in [-0.39, 0.29) is 6.42 Å². The number of carbonyl (C=O) groups is 1. The van der Waals surface area contributed by atoms with Crippen LogP contribution in [0.4, 0.5) is 0 Å². The highest BCUT2D eigenvalue weighted by atomic mass is 16.7.